The number of rotatable bonds is 3. The van der Waals surface area contributed by atoms with Crippen LogP contribution < -0.4 is 16.5 Å². The van der Waals surface area contributed by atoms with E-state index < -0.39 is 0 Å². The number of urea groups is 1. The van der Waals surface area contributed by atoms with Crippen LogP contribution >= 0.6 is 0 Å². The summed E-state index contributed by atoms with van der Waals surface area (Å²) in [4.78, 5) is 16.5. The van der Waals surface area contributed by atoms with Gasteiger partial charge in [0.15, 0.2) is 0 Å². The van der Waals surface area contributed by atoms with E-state index in [1.165, 1.54) is 0 Å². The summed E-state index contributed by atoms with van der Waals surface area (Å²) in [5, 5.41) is 2.80. The van der Waals surface area contributed by atoms with E-state index in [1.54, 1.807) is 0 Å². The minimum Gasteiger partial charge on any atom is -0.334 e. The van der Waals surface area contributed by atoms with Crippen molar-refractivity contribution in [2.45, 2.75) is 56.7 Å². The van der Waals surface area contributed by atoms with Crippen LogP contribution in [0.3, 0.4) is 0 Å². The van der Waals surface area contributed by atoms with Gasteiger partial charge in [0.1, 0.15) is 0 Å². The third-order valence-corrected chi connectivity index (χ3v) is 2.95. The Hall–Kier alpha value is -0.810. The number of hydrogen-bond acceptors (Lipinski definition) is 3. The molecule has 2 amide bonds. The maximum atomic E-state index is 11.2. The molecule has 0 aliphatic heterocycles. The molecule has 0 heterocycles. The second kappa shape index (κ2) is 4.81. The summed E-state index contributed by atoms with van der Waals surface area (Å²) in [5.74, 6) is 0. The highest BCUT2D eigenvalue weighted by atomic mass is 16.7. The van der Waals surface area contributed by atoms with E-state index in [0.717, 1.165) is 38.5 Å². The van der Waals surface area contributed by atoms with Crippen molar-refractivity contribution in [3.63, 3.8) is 0 Å². The predicted octanol–water partition coefficient (Wildman–Crippen LogP) is 0.649. The van der Waals surface area contributed by atoms with Crippen molar-refractivity contribution in [3.8, 4) is 0 Å². The Morgan fingerprint density at radius 1 is 1.13 bits per heavy atom. The van der Waals surface area contributed by atoms with E-state index in [4.69, 9.17) is 10.6 Å². The summed E-state index contributed by atoms with van der Waals surface area (Å²) >= 11 is 0. The lowest BCUT2D eigenvalue weighted by Gasteiger charge is -2.25. The first-order valence-corrected chi connectivity index (χ1v) is 5.72. The number of hydrogen-bond donors (Lipinski definition) is 3. The Morgan fingerprint density at radius 2 is 1.80 bits per heavy atom. The van der Waals surface area contributed by atoms with Gasteiger partial charge in [0.25, 0.3) is 0 Å². The summed E-state index contributed by atoms with van der Waals surface area (Å²) in [5.41, 5.74) is 8.22. The lowest BCUT2D eigenvalue weighted by Crippen LogP contribution is -2.40. The van der Waals surface area contributed by atoms with Crippen molar-refractivity contribution < 1.29 is 9.63 Å². The van der Waals surface area contributed by atoms with Crippen LogP contribution in [0.15, 0.2) is 0 Å². The van der Waals surface area contributed by atoms with Gasteiger partial charge in [-0.1, -0.05) is 0 Å². The Kier molecular flexibility index (Phi) is 3.43. The van der Waals surface area contributed by atoms with Crippen molar-refractivity contribution in [3.05, 3.63) is 0 Å². The Balaban J connectivity index is 1.58. The van der Waals surface area contributed by atoms with Crippen molar-refractivity contribution >= 4 is 6.03 Å². The summed E-state index contributed by atoms with van der Waals surface area (Å²) in [7, 11) is 0. The number of carbonyl (C=O) groups excluding carboxylic acids is 1. The zero-order valence-electron chi connectivity index (χ0n) is 8.87. The first kappa shape index (κ1) is 10.7. The molecule has 2 rings (SSSR count). The minimum atomic E-state index is -0.215. The predicted molar refractivity (Wildman–Crippen MR) is 56.0 cm³/mol. The van der Waals surface area contributed by atoms with Crippen LogP contribution in [0.25, 0.3) is 0 Å². The van der Waals surface area contributed by atoms with Crippen LogP contribution in [-0.2, 0) is 4.84 Å². The molecule has 0 bridgehead atoms. The Morgan fingerprint density at radius 3 is 2.40 bits per heavy atom. The van der Waals surface area contributed by atoms with Gasteiger partial charge in [-0.15, -0.1) is 0 Å². The average molecular weight is 213 g/mol. The van der Waals surface area contributed by atoms with Gasteiger partial charge in [0.2, 0.25) is 0 Å². The second-order valence-corrected chi connectivity index (χ2v) is 4.50. The zero-order valence-corrected chi connectivity index (χ0v) is 8.87. The average Bonchev–Trinajstić information content (AvgIpc) is 3.01. The van der Waals surface area contributed by atoms with Gasteiger partial charge >= 0.3 is 6.03 Å². The van der Waals surface area contributed by atoms with E-state index in [2.05, 4.69) is 10.8 Å². The molecule has 5 nitrogen and oxygen atoms in total. The van der Waals surface area contributed by atoms with E-state index in [1.807, 2.05) is 0 Å². The highest BCUT2D eigenvalue weighted by Gasteiger charge is 2.24. The highest BCUT2D eigenvalue weighted by molar-refractivity contribution is 5.73. The van der Waals surface area contributed by atoms with Gasteiger partial charge in [0, 0.05) is 12.1 Å². The van der Waals surface area contributed by atoms with Crippen LogP contribution in [0, 0.1) is 0 Å². The maximum Gasteiger partial charge on any atom is 0.338 e. The second-order valence-electron chi connectivity index (χ2n) is 4.50. The van der Waals surface area contributed by atoms with Crippen molar-refractivity contribution in [2.75, 3.05) is 0 Å². The summed E-state index contributed by atoms with van der Waals surface area (Å²) in [6, 6.07) is 0.464. The number of nitrogens with two attached hydrogens (primary N) is 1. The lowest BCUT2D eigenvalue weighted by molar-refractivity contribution is -0.0247. The topological polar surface area (TPSA) is 76.4 Å². The van der Waals surface area contributed by atoms with Gasteiger partial charge < -0.3 is 11.1 Å². The van der Waals surface area contributed by atoms with E-state index in [-0.39, 0.29) is 12.1 Å². The molecule has 5 heteroatoms. The van der Waals surface area contributed by atoms with Crippen LogP contribution in [0.4, 0.5) is 4.79 Å². The smallest absolute Gasteiger partial charge is 0.334 e. The van der Waals surface area contributed by atoms with Gasteiger partial charge in [-0.2, -0.15) is 0 Å². The van der Waals surface area contributed by atoms with Crippen molar-refractivity contribution in [2.24, 2.45) is 5.73 Å². The van der Waals surface area contributed by atoms with Crippen molar-refractivity contribution in [1.82, 2.24) is 10.8 Å². The normalized spacial score (nSPS) is 31.0. The molecule has 2 saturated carbocycles. The molecule has 4 N–H and O–H groups in total. The molecule has 0 aromatic heterocycles. The SMILES string of the molecule is NC1CCC(ONC(=O)NC2CC2)CC1. The van der Waals surface area contributed by atoms with E-state index in [9.17, 15) is 4.79 Å². The molecule has 86 valence electrons. The Bertz CT molecular complexity index is 223. The summed E-state index contributed by atoms with van der Waals surface area (Å²) in [6.07, 6.45) is 6.15. The molecular weight excluding hydrogens is 194 g/mol. The number of amides is 2. The number of nitrogens with one attached hydrogen (secondary N) is 2. The van der Waals surface area contributed by atoms with Crippen LogP contribution in [-0.4, -0.2) is 24.2 Å². The molecule has 0 saturated heterocycles. The molecule has 0 atom stereocenters. The largest absolute Gasteiger partial charge is 0.338 e. The number of carbonyl (C=O) groups is 1. The highest BCUT2D eigenvalue weighted by Crippen LogP contribution is 2.19. The van der Waals surface area contributed by atoms with E-state index >= 15 is 0 Å². The van der Waals surface area contributed by atoms with Crippen LogP contribution in [0.5, 0.6) is 0 Å². The molecule has 2 aliphatic rings. The minimum absolute atomic E-state index is 0.134. The van der Waals surface area contributed by atoms with Crippen LogP contribution in [0.1, 0.15) is 38.5 Å². The molecule has 0 spiro atoms. The molecule has 0 radical (unpaired) electrons. The maximum absolute atomic E-state index is 11.2. The van der Waals surface area contributed by atoms with Gasteiger partial charge in [-0.05, 0) is 38.5 Å². The monoisotopic (exact) mass is 213 g/mol. The third kappa shape index (κ3) is 3.68. The first-order chi connectivity index (χ1) is 7.24. The number of hydroxylamine groups is 1. The fourth-order valence-electron chi connectivity index (χ4n) is 1.79. The third-order valence-electron chi connectivity index (χ3n) is 2.95. The van der Waals surface area contributed by atoms with Gasteiger partial charge in [0.05, 0.1) is 6.10 Å². The van der Waals surface area contributed by atoms with E-state index in [0.29, 0.717) is 12.1 Å². The molecule has 2 fully saturated rings. The molecule has 0 aromatic rings. The fourth-order valence-corrected chi connectivity index (χ4v) is 1.79. The molecule has 15 heavy (non-hydrogen) atoms. The van der Waals surface area contributed by atoms with Crippen LogP contribution in [0.2, 0.25) is 0 Å². The van der Waals surface area contributed by atoms with Crippen molar-refractivity contribution in [1.29, 1.82) is 0 Å². The van der Waals surface area contributed by atoms with Gasteiger partial charge in [-0.3, -0.25) is 4.84 Å². The first-order valence-electron chi connectivity index (χ1n) is 5.72. The molecular formula is C10H19N3O2. The Labute approximate surface area is 89.7 Å². The molecule has 0 unspecified atom stereocenters. The van der Waals surface area contributed by atoms with Gasteiger partial charge in [-0.25, -0.2) is 10.3 Å². The quantitative estimate of drug-likeness (QED) is 0.602. The molecule has 0 aromatic carbocycles. The molecule has 2 aliphatic carbocycles. The standard InChI is InChI=1S/C10H19N3O2/c11-7-1-5-9(6-2-7)15-13-10(14)12-8-3-4-8/h7-9H,1-6,11H2,(H2,12,13,14). The fraction of sp³-hybridized carbons (Fsp3) is 0.900. The summed E-state index contributed by atoms with van der Waals surface area (Å²) in [6.45, 7) is 0. The zero-order chi connectivity index (χ0) is 10.7. The summed E-state index contributed by atoms with van der Waals surface area (Å²) < 4.78 is 0. The lowest BCUT2D eigenvalue weighted by atomic mass is 9.94.